The Morgan fingerprint density at radius 3 is 2.77 bits per heavy atom. The molecule has 3 nitrogen and oxygen atoms in total. The maximum Gasteiger partial charge on any atom is 0.251 e. The molecule has 1 amide bonds. The van der Waals surface area contributed by atoms with Gasteiger partial charge >= 0.3 is 0 Å². The predicted molar refractivity (Wildman–Crippen MR) is 92.3 cm³/mol. The molecule has 1 aliphatic rings. The third-order valence-corrected chi connectivity index (χ3v) is 4.92. The van der Waals surface area contributed by atoms with E-state index in [1.807, 2.05) is 24.3 Å². The number of hydrogen-bond donors (Lipinski definition) is 2. The number of amides is 1. The van der Waals surface area contributed by atoms with E-state index in [1.54, 1.807) is 11.3 Å². The molecule has 1 fully saturated rings. The normalized spacial score (nSPS) is 18.1. The smallest absolute Gasteiger partial charge is 0.251 e. The number of carbonyl (C=O) groups excluding carboxylic acids is 1. The minimum Gasteiger partial charge on any atom is -0.352 e. The molecule has 3 rings (SSSR count). The van der Waals surface area contributed by atoms with Crippen LogP contribution in [0.2, 0.25) is 0 Å². The van der Waals surface area contributed by atoms with E-state index in [4.69, 9.17) is 0 Å². The summed E-state index contributed by atoms with van der Waals surface area (Å²) in [5.74, 6) is 0.732. The Balaban J connectivity index is 1.49. The van der Waals surface area contributed by atoms with Gasteiger partial charge in [-0.1, -0.05) is 12.1 Å². The summed E-state index contributed by atoms with van der Waals surface area (Å²) in [7, 11) is 0. The van der Waals surface area contributed by atoms with Crippen LogP contribution in [0.25, 0.3) is 11.1 Å². The lowest BCUT2D eigenvalue weighted by molar-refractivity contribution is 0.0950. The maximum absolute atomic E-state index is 12.2. The van der Waals surface area contributed by atoms with Gasteiger partial charge in [0.05, 0.1) is 0 Å². The molecule has 1 aromatic carbocycles. The van der Waals surface area contributed by atoms with E-state index >= 15 is 0 Å². The summed E-state index contributed by atoms with van der Waals surface area (Å²) in [6.45, 7) is 2.99. The molecule has 0 bridgehead atoms. The second-order valence-electron chi connectivity index (χ2n) is 5.85. The topological polar surface area (TPSA) is 41.1 Å². The molecular formula is C18H22N2OS. The zero-order valence-corrected chi connectivity index (χ0v) is 13.5. The van der Waals surface area contributed by atoms with Crippen molar-refractivity contribution in [3.8, 4) is 11.1 Å². The molecule has 0 radical (unpaired) electrons. The molecule has 1 aromatic heterocycles. The van der Waals surface area contributed by atoms with Crippen molar-refractivity contribution in [1.29, 1.82) is 0 Å². The minimum atomic E-state index is 0.0284. The number of benzene rings is 1. The highest BCUT2D eigenvalue weighted by molar-refractivity contribution is 7.08. The van der Waals surface area contributed by atoms with Crippen molar-refractivity contribution in [2.75, 3.05) is 19.6 Å². The van der Waals surface area contributed by atoms with E-state index in [9.17, 15) is 4.79 Å². The van der Waals surface area contributed by atoms with Gasteiger partial charge in [-0.25, -0.2) is 0 Å². The second-order valence-corrected chi connectivity index (χ2v) is 6.63. The van der Waals surface area contributed by atoms with Crippen LogP contribution in [0.3, 0.4) is 0 Å². The van der Waals surface area contributed by atoms with E-state index in [1.165, 1.54) is 18.4 Å². The van der Waals surface area contributed by atoms with Gasteiger partial charge in [-0.2, -0.15) is 11.3 Å². The van der Waals surface area contributed by atoms with Crippen LogP contribution in [0, 0.1) is 5.92 Å². The lowest BCUT2D eigenvalue weighted by Gasteiger charge is -2.22. The van der Waals surface area contributed by atoms with Gasteiger partial charge in [-0.05, 0) is 78.4 Å². The molecule has 0 aliphatic carbocycles. The largest absolute Gasteiger partial charge is 0.352 e. The van der Waals surface area contributed by atoms with Crippen LogP contribution >= 0.6 is 11.3 Å². The van der Waals surface area contributed by atoms with Gasteiger partial charge in [0.15, 0.2) is 0 Å². The summed E-state index contributed by atoms with van der Waals surface area (Å²) in [4.78, 5) is 12.2. The van der Waals surface area contributed by atoms with Gasteiger partial charge in [-0.15, -0.1) is 0 Å². The second kappa shape index (κ2) is 7.56. The standard InChI is InChI=1S/C18H22N2OS/c21-18(20-10-7-14-2-1-9-19-12-14)16-5-3-15(4-6-16)17-8-11-22-13-17/h3-6,8,11,13-14,19H,1-2,7,9-10,12H2,(H,20,21). The van der Waals surface area contributed by atoms with Gasteiger partial charge in [0, 0.05) is 12.1 Å². The summed E-state index contributed by atoms with van der Waals surface area (Å²) < 4.78 is 0. The SMILES string of the molecule is O=C(NCCC1CCCNC1)c1ccc(-c2ccsc2)cc1. The molecule has 2 aromatic rings. The quantitative estimate of drug-likeness (QED) is 0.886. The Labute approximate surface area is 135 Å². The average molecular weight is 314 g/mol. The summed E-state index contributed by atoms with van der Waals surface area (Å²) >= 11 is 1.69. The minimum absolute atomic E-state index is 0.0284. The van der Waals surface area contributed by atoms with E-state index in [0.29, 0.717) is 5.92 Å². The fourth-order valence-electron chi connectivity index (χ4n) is 2.91. The van der Waals surface area contributed by atoms with Crippen molar-refractivity contribution in [2.45, 2.75) is 19.3 Å². The highest BCUT2D eigenvalue weighted by Crippen LogP contribution is 2.22. The van der Waals surface area contributed by atoms with Crippen molar-refractivity contribution in [2.24, 2.45) is 5.92 Å². The van der Waals surface area contributed by atoms with Crippen LogP contribution in [0.15, 0.2) is 41.1 Å². The van der Waals surface area contributed by atoms with Crippen molar-refractivity contribution >= 4 is 17.2 Å². The van der Waals surface area contributed by atoms with E-state index in [0.717, 1.165) is 37.2 Å². The molecular weight excluding hydrogens is 292 g/mol. The highest BCUT2D eigenvalue weighted by Gasteiger charge is 2.13. The first kappa shape index (κ1) is 15.3. The molecule has 1 saturated heterocycles. The summed E-state index contributed by atoms with van der Waals surface area (Å²) in [5, 5.41) is 10.6. The Bertz CT molecular complexity index is 586. The first-order chi connectivity index (χ1) is 10.8. The average Bonchev–Trinajstić information content (AvgIpc) is 3.10. The summed E-state index contributed by atoms with van der Waals surface area (Å²) in [6.07, 6.45) is 3.59. The molecule has 1 aliphatic heterocycles. The zero-order chi connectivity index (χ0) is 15.2. The Morgan fingerprint density at radius 1 is 1.23 bits per heavy atom. The number of nitrogens with one attached hydrogen (secondary N) is 2. The third-order valence-electron chi connectivity index (χ3n) is 4.24. The Hall–Kier alpha value is -1.65. The van der Waals surface area contributed by atoms with E-state index < -0.39 is 0 Å². The molecule has 4 heteroatoms. The number of hydrogen-bond acceptors (Lipinski definition) is 3. The number of thiophene rings is 1. The first-order valence-electron chi connectivity index (χ1n) is 7.94. The third kappa shape index (κ3) is 3.96. The monoisotopic (exact) mass is 314 g/mol. The number of carbonyl (C=O) groups is 1. The van der Waals surface area contributed by atoms with Gasteiger partial charge in [0.2, 0.25) is 0 Å². The fraction of sp³-hybridized carbons (Fsp3) is 0.389. The van der Waals surface area contributed by atoms with Crippen molar-refractivity contribution < 1.29 is 4.79 Å². The first-order valence-corrected chi connectivity index (χ1v) is 8.89. The molecule has 1 unspecified atom stereocenters. The van der Waals surface area contributed by atoms with Gasteiger partial charge < -0.3 is 10.6 Å². The Kier molecular flexibility index (Phi) is 5.24. The molecule has 2 heterocycles. The molecule has 0 spiro atoms. The molecule has 1 atom stereocenters. The van der Waals surface area contributed by atoms with Gasteiger partial charge in [0.1, 0.15) is 0 Å². The van der Waals surface area contributed by atoms with Crippen LogP contribution in [0.1, 0.15) is 29.6 Å². The number of piperidine rings is 1. The molecule has 116 valence electrons. The zero-order valence-electron chi connectivity index (χ0n) is 12.7. The van der Waals surface area contributed by atoms with Crippen molar-refractivity contribution in [3.63, 3.8) is 0 Å². The van der Waals surface area contributed by atoms with Crippen molar-refractivity contribution in [3.05, 3.63) is 46.7 Å². The maximum atomic E-state index is 12.2. The lowest BCUT2D eigenvalue weighted by atomic mass is 9.96. The van der Waals surface area contributed by atoms with E-state index in [2.05, 4.69) is 27.5 Å². The van der Waals surface area contributed by atoms with Crippen LogP contribution < -0.4 is 10.6 Å². The number of rotatable bonds is 5. The summed E-state index contributed by atoms with van der Waals surface area (Å²) in [6, 6.07) is 9.94. The molecule has 22 heavy (non-hydrogen) atoms. The van der Waals surface area contributed by atoms with Crippen LogP contribution in [0.4, 0.5) is 0 Å². The van der Waals surface area contributed by atoms with Gasteiger partial charge in [-0.3, -0.25) is 4.79 Å². The fourth-order valence-corrected chi connectivity index (χ4v) is 3.57. The molecule has 2 N–H and O–H groups in total. The van der Waals surface area contributed by atoms with Crippen LogP contribution in [-0.4, -0.2) is 25.5 Å². The Morgan fingerprint density at radius 2 is 2.09 bits per heavy atom. The lowest BCUT2D eigenvalue weighted by Crippen LogP contribution is -2.33. The van der Waals surface area contributed by atoms with Crippen molar-refractivity contribution in [1.82, 2.24) is 10.6 Å². The van der Waals surface area contributed by atoms with Crippen LogP contribution in [0.5, 0.6) is 0 Å². The van der Waals surface area contributed by atoms with Gasteiger partial charge in [0.25, 0.3) is 5.91 Å². The molecule has 0 saturated carbocycles. The summed E-state index contributed by atoms with van der Waals surface area (Å²) in [5.41, 5.74) is 3.11. The van der Waals surface area contributed by atoms with Crippen LogP contribution in [-0.2, 0) is 0 Å². The predicted octanol–water partition coefficient (Wildman–Crippen LogP) is 3.53. The van der Waals surface area contributed by atoms with E-state index in [-0.39, 0.29) is 5.91 Å². The highest BCUT2D eigenvalue weighted by atomic mass is 32.1.